The number of aromatic nitrogens is 1. The van der Waals surface area contributed by atoms with Gasteiger partial charge in [0.05, 0.1) is 45.1 Å². The van der Waals surface area contributed by atoms with Crippen LogP contribution in [0.3, 0.4) is 0 Å². The lowest BCUT2D eigenvalue weighted by atomic mass is 10.1. The van der Waals surface area contributed by atoms with Crippen LogP contribution < -0.4 is 14.4 Å². The van der Waals surface area contributed by atoms with Gasteiger partial charge in [-0.15, -0.1) is 0 Å². The maximum absolute atomic E-state index is 11.4. The first-order valence-electron chi connectivity index (χ1n) is 13.0. The molecule has 214 valence electrons. The molecule has 9 nitrogen and oxygen atoms in total. The van der Waals surface area contributed by atoms with Crippen LogP contribution in [-0.2, 0) is 21.5 Å². The van der Waals surface area contributed by atoms with E-state index in [1.165, 1.54) is 0 Å². The zero-order valence-corrected chi connectivity index (χ0v) is 24.5. The van der Waals surface area contributed by atoms with Crippen molar-refractivity contribution in [1.82, 2.24) is 0 Å². The molecule has 2 N–H and O–H groups in total. The molecular weight excluding hydrogens is 589 g/mol. The van der Waals surface area contributed by atoms with Gasteiger partial charge in [0, 0.05) is 19.5 Å². The molecule has 0 saturated carbocycles. The largest absolute Gasteiger partial charge is 0.481 e. The van der Waals surface area contributed by atoms with Crippen molar-refractivity contribution in [3.8, 4) is 0 Å². The van der Waals surface area contributed by atoms with Crippen LogP contribution in [0, 0.1) is 0 Å². The second kappa shape index (κ2) is 11.7. The van der Waals surface area contributed by atoms with E-state index in [1.54, 1.807) is 24.3 Å². The maximum Gasteiger partial charge on any atom is 0.374 e. The first-order chi connectivity index (χ1) is 19.6. The predicted molar refractivity (Wildman–Crippen MR) is 161 cm³/mol. The van der Waals surface area contributed by atoms with E-state index in [4.69, 9.17) is 27.6 Å². The third-order valence-corrected chi connectivity index (χ3v) is 8.43. The van der Waals surface area contributed by atoms with Crippen LogP contribution >= 0.6 is 23.2 Å². The van der Waals surface area contributed by atoms with Crippen LogP contribution in [0.1, 0.15) is 25.7 Å². The van der Waals surface area contributed by atoms with Crippen molar-refractivity contribution in [2.45, 2.75) is 26.3 Å². The van der Waals surface area contributed by atoms with Gasteiger partial charge < -0.3 is 19.3 Å². The number of aliphatic carboxylic acids is 1. The van der Waals surface area contributed by atoms with Crippen LogP contribution in [0.25, 0.3) is 27.9 Å². The lowest BCUT2D eigenvalue weighted by molar-refractivity contribution is -0.677. The molecule has 5 rings (SSSR count). The first kappa shape index (κ1) is 28.9. The number of hydrogen-bond donors (Lipinski definition) is 2. The Labute approximate surface area is 247 Å². The number of carboxylic acids is 1. The van der Waals surface area contributed by atoms with Gasteiger partial charge >= 0.3 is 11.9 Å². The molecule has 0 amide bonds. The molecule has 12 heteroatoms. The molecule has 0 unspecified atom stereocenters. The summed E-state index contributed by atoms with van der Waals surface area (Å²) >= 11 is 12.6. The minimum atomic E-state index is -4.12. The quantitative estimate of drug-likeness (QED) is 0.161. The highest BCUT2D eigenvalue weighted by Crippen LogP contribution is 2.45. The average molecular weight is 618 g/mol. The number of oxazole rings is 1. The number of rotatable bonds is 10. The molecule has 0 atom stereocenters. The molecular formula is C29H28Cl2N3O6S+. The van der Waals surface area contributed by atoms with E-state index in [-0.39, 0.29) is 25.1 Å². The van der Waals surface area contributed by atoms with E-state index in [9.17, 15) is 22.9 Å². The van der Waals surface area contributed by atoms with Gasteiger partial charge in [-0.25, -0.2) is 0 Å². The number of halogens is 2. The van der Waals surface area contributed by atoms with Crippen LogP contribution in [0.15, 0.2) is 70.9 Å². The van der Waals surface area contributed by atoms with E-state index in [1.807, 2.05) is 63.8 Å². The van der Waals surface area contributed by atoms with E-state index >= 15 is 0 Å². The number of anilines is 2. The third-order valence-electron chi connectivity index (χ3n) is 6.90. The number of fused-ring (bicyclic) bond motifs is 4. The Hall–Kier alpha value is -3.57. The Morgan fingerprint density at radius 2 is 1.78 bits per heavy atom. The van der Waals surface area contributed by atoms with E-state index in [0.717, 1.165) is 33.5 Å². The average Bonchev–Trinajstić information content (AvgIpc) is 3.41. The summed E-state index contributed by atoms with van der Waals surface area (Å²) in [4.78, 5) is 15.3. The first-order valence-corrected chi connectivity index (χ1v) is 15.4. The molecule has 0 fully saturated rings. The van der Waals surface area contributed by atoms with Crippen molar-refractivity contribution < 1.29 is 31.9 Å². The van der Waals surface area contributed by atoms with Gasteiger partial charge in [0.1, 0.15) is 5.82 Å². The van der Waals surface area contributed by atoms with Crippen LogP contribution in [0.4, 0.5) is 11.4 Å². The van der Waals surface area contributed by atoms with Crippen molar-refractivity contribution in [3.05, 3.63) is 82.4 Å². The SMILES string of the molecule is CCN1C(=CC=Cc2oc3ccc4ccccc4c3[n+]2CCCS(=O)(=O)O)N(CCC(=O)O)c2cc(Cl)c(Cl)cc21. The van der Waals surface area contributed by atoms with Crippen molar-refractivity contribution in [1.29, 1.82) is 0 Å². The summed E-state index contributed by atoms with van der Waals surface area (Å²) in [5, 5.41) is 12.1. The Kier molecular flexibility index (Phi) is 8.28. The highest BCUT2D eigenvalue weighted by Gasteiger charge is 2.31. The summed E-state index contributed by atoms with van der Waals surface area (Å²) in [5.74, 6) is -0.0575. The number of hydrogen-bond acceptors (Lipinski definition) is 6. The summed E-state index contributed by atoms with van der Waals surface area (Å²) in [6, 6.07) is 15.2. The molecule has 0 bridgehead atoms. The molecule has 3 aromatic carbocycles. The van der Waals surface area contributed by atoms with E-state index in [2.05, 4.69) is 0 Å². The number of carbonyl (C=O) groups is 1. The molecule has 0 aliphatic carbocycles. The second-order valence-corrected chi connectivity index (χ2v) is 11.9. The molecule has 1 aromatic heterocycles. The van der Waals surface area contributed by atoms with Gasteiger partial charge in [-0.3, -0.25) is 9.35 Å². The maximum atomic E-state index is 11.4. The monoisotopic (exact) mass is 616 g/mol. The van der Waals surface area contributed by atoms with Crippen LogP contribution in [0.2, 0.25) is 10.0 Å². The lowest BCUT2D eigenvalue weighted by Gasteiger charge is -2.23. The summed E-state index contributed by atoms with van der Waals surface area (Å²) in [5.41, 5.74) is 3.04. The Balaban J connectivity index is 1.57. The summed E-state index contributed by atoms with van der Waals surface area (Å²) in [7, 11) is -4.12. The van der Waals surface area contributed by atoms with Crippen molar-refractivity contribution in [3.63, 3.8) is 0 Å². The summed E-state index contributed by atoms with van der Waals surface area (Å²) < 4.78 is 40.2. The normalized spacial score (nSPS) is 14.7. The minimum absolute atomic E-state index is 0.0806. The standard InChI is InChI=1S/C29H27Cl2N3O6S/c1-2-32-23-17-21(30)22(31)18-24(23)33(15-13-28(35)36)26(32)9-5-10-27-34(14-6-16-41(37,38)39)29-20-8-4-3-7-19(20)11-12-25(29)40-27/h3-5,7-12,17-18H,2,6,13-16H2,1H3,(H-,35,36,37,38,39)/p+1. The van der Waals surface area contributed by atoms with Gasteiger partial charge in [-0.2, -0.15) is 13.0 Å². The van der Waals surface area contributed by atoms with Crippen molar-refractivity contribution in [2.75, 3.05) is 28.6 Å². The zero-order valence-electron chi connectivity index (χ0n) is 22.1. The fraction of sp³-hybridized carbons (Fsp3) is 0.241. The van der Waals surface area contributed by atoms with Gasteiger partial charge in [0.25, 0.3) is 15.6 Å². The van der Waals surface area contributed by atoms with Crippen LogP contribution in [-0.4, -0.2) is 42.9 Å². The van der Waals surface area contributed by atoms with Crippen molar-refractivity contribution >= 4 is 78.6 Å². The Morgan fingerprint density at radius 1 is 1.07 bits per heavy atom. The van der Waals surface area contributed by atoms with Gasteiger partial charge in [-0.1, -0.05) is 47.5 Å². The Bertz CT molecular complexity index is 1820. The van der Waals surface area contributed by atoms with Gasteiger partial charge in [0.2, 0.25) is 5.58 Å². The minimum Gasteiger partial charge on any atom is -0.481 e. The smallest absolute Gasteiger partial charge is 0.374 e. The molecule has 1 aliphatic heterocycles. The van der Waals surface area contributed by atoms with Gasteiger partial charge in [0.15, 0.2) is 6.54 Å². The van der Waals surface area contributed by atoms with E-state index < -0.39 is 16.1 Å². The summed E-state index contributed by atoms with van der Waals surface area (Å²) in [6.45, 7) is 3.10. The molecule has 4 aromatic rings. The lowest BCUT2D eigenvalue weighted by Crippen LogP contribution is -2.36. The Morgan fingerprint density at radius 3 is 2.46 bits per heavy atom. The molecule has 1 aliphatic rings. The number of nitrogens with zero attached hydrogens (tertiary/aromatic N) is 3. The highest BCUT2D eigenvalue weighted by atomic mass is 35.5. The molecule has 2 heterocycles. The van der Waals surface area contributed by atoms with Gasteiger partial charge in [-0.05, 0) is 48.7 Å². The number of allylic oxidation sites excluding steroid dienone is 2. The fourth-order valence-corrected chi connectivity index (χ4v) is 5.96. The van der Waals surface area contributed by atoms with Crippen LogP contribution in [0.5, 0.6) is 0 Å². The van der Waals surface area contributed by atoms with E-state index in [0.29, 0.717) is 34.6 Å². The molecule has 41 heavy (non-hydrogen) atoms. The predicted octanol–water partition coefficient (Wildman–Crippen LogP) is 6.13. The molecule has 0 radical (unpaired) electrons. The third kappa shape index (κ3) is 6.06. The van der Waals surface area contributed by atoms with Crippen molar-refractivity contribution in [2.24, 2.45) is 0 Å². The second-order valence-electron chi connectivity index (χ2n) is 9.54. The number of aryl methyl sites for hydroxylation is 1. The number of benzene rings is 3. The highest BCUT2D eigenvalue weighted by molar-refractivity contribution is 7.85. The molecule has 0 saturated heterocycles. The number of carboxylic acid groups (broad SMARTS) is 1. The zero-order chi connectivity index (χ0) is 29.3. The summed E-state index contributed by atoms with van der Waals surface area (Å²) in [6.07, 6.45) is 5.55. The fourth-order valence-electron chi connectivity index (χ4n) is 5.15. The molecule has 0 spiro atoms. The topological polar surface area (TPSA) is 115 Å².